The van der Waals surface area contributed by atoms with E-state index in [-0.39, 0.29) is 0 Å². The molecule has 0 aromatic carbocycles. The predicted octanol–water partition coefficient (Wildman–Crippen LogP) is 2.98. The Morgan fingerprint density at radius 2 is 2.06 bits per heavy atom. The van der Waals surface area contributed by atoms with E-state index in [1.807, 2.05) is 11.8 Å². The van der Waals surface area contributed by atoms with Crippen LogP contribution < -0.4 is 5.32 Å². The van der Waals surface area contributed by atoms with Crippen LogP contribution in [0.25, 0.3) is 0 Å². The fourth-order valence-corrected chi connectivity index (χ4v) is 4.13. The molecule has 1 spiro atoms. The molecule has 1 aliphatic carbocycles. The first-order valence-electron chi connectivity index (χ1n) is 7.65. The van der Waals surface area contributed by atoms with Crippen molar-refractivity contribution in [3.63, 3.8) is 0 Å². The highest BCUT2D eigenvalue weighted by atomic mass is 32.2. The van der Waals surface area contributed by atoms with Gasteiger partial charge in [0.15, 0.2) is 0 Å². The number of hydrogen-bond acceptors (Lipinski definition) is 3. The van der Waals surface area contributed by atoms with Gasteiger partial charge in [0.25, 0.3) is 0 Å². The lowest BCUT2D eigenvalue weighted by Gasteiger charge is -2.48. The van der Waals surface area contributed by atoms with Gasteiger partial charge >= 0.3 is 0 Å². The highest BCUT2D eigenvalue weighted by Crippen LogP contribution is 2.34. The summed E-state index contributed by atoms with van der Waals surface area (Å²) >= 11 is 1.98. The molecule has 0 radical (unpaired) electrons. The van der Waals surface area contributed by atoms with Crippen molar-refractivity contribution in [2.75, 3.05) is 31.6 Å². The molecule has 2 aliphatic rings. The highest BCUT2D eigenvalue weighted by molar-refractivity contribution is 7.98. The van der Waals surface area contributed by atoms with Gasteiger partial charge in [0, 0.05) is 24.7 Å². The van der Waals surface area contributed by atoms with Crippen LogP contribution in [0.1, 0.15) is 46.0 Å². The lowest BCUT2D eigenvalue weighted by atomic mass is 9.89. The lowest BCUT2D eigenvalue weighted by Crippen LogP contribution is -2.64. The Bertz CT molecular complexity index is 249. The van der Waals surface area contributed by atoms with Crippen molar-refractivity contribution in [1.82, 2.24) is 10.2 Å². The van der Waals surface area contributed by atoms with Crippen LogP contribution >= 0.6 is 11.8 Å². The van der Waals surface area contributed by atoms with Crippen LogP contribution in [0, 0.1) is 5.92 Å². The third-order valence-corrected chi connectivity index (χ3v) is 5.48. The van der Waals surface area contributed by atoms with Crippen molar-refractivity contribution in [3.8, 4) is 0 Å². The molecule has 0 aromatic rings. The quantitative estimate of drug-likeness (QED) is 0.773. The molecular formula is C15H30N2S. The van der Waals surface area contributed by atoms with Crippen LogP contribution in [0.2, 0.25) is 0 Å². The van der Waals surface area contributed by atoms with E-state index in [0.29, 0.717) is 5.54 Å². The van der Waals surface area contributed by atoms with Gasteiger partial charge in [-0.3, -0.25) is 4.90 Å². The highest BCUT2D eigenvalue weighted by Gasteiger charge is 2.41. The van der Waals surface area contributed by atoms with Crippen molar-refractivity contribution in [1.29, 1.82) is 0 Å². The summed E-state index contributed by atoms with van der Waals surface area (Å²) in [7, 11) is 0. The third kappa shape index (κ3) is 3.43. The molecule has 1 unspecified atom stereocenters. The summed E-state index contributed by atoms with van der Waals surface area (Å²) in [6.45, 7) is 8.55. The Hall–Kier alpha value is 0.270. The molecule has 2 rings (SSSR count). The molecule has 3 heteroatoms. The minimum Gasteiger partial charge on any atom is -0.308 e. The van der Waals surface area contributed by atoms with Gasteiger partial charge in [-0.2, -0.15) is 11.8 Å². The second-order valence-electron chi connectivity index (χ2n) is 6.50. The summed E-state index contributed by atoms with van der Waals surface area (Å²) in [5.74, 6) is 2.08. The summed E-state index contributed by atoms with van der Waals surface area (Å²) < 4.78 is 0. The summed E-state index contributed by atoms with van der Waals surface area (Å²) in [6.07, 6.45) is 9.22. The summed E-state index contributed by atoms with van der Waals surface area (Å²) in [5, 5.41) is 3.90. The minimum absolute atomic E-state index is 0.477. The maximum Gasteiger partial charge on any atom is 0.0309 e. The van der Waals surface area contributed by atoms with Gasteiger partial charge in [0.1, 0.15) is 0 Å². The summed E-state index contributed by atoms with van der Waals surface area (Å²) in [5.41, 5.74) is 0.477. The lowest BCUT2D eigenvalue weighted by molar-refractivity contribution is 0.0575. The second kappa shape index (κ2) is 6.62. The molecule has 0 amide bonds. The Balaban J connectivity index is 1.94. The van der Waals surface area contributed by atoms with E-state index in [9.17, 15) is 0 Å². The Morgan fingerprint density at radius 3 is 2.67 bits per heavy atom. The van der Waals surface area contributed by atoms with Gasteiger partial charge in [-0.1, -0.05) is 26.7 Å². The van der Waals surface area contributed by atoms with E-state index in [4.69, 9.17) is 0 Å². The zero-order valence-electron chi connectivity index (χ0n) is 12.4. The van der Waals surface area contributed by atoms with Crippen molar-refractivity contribution in [2.24, 2.45) is 5.92 Å². The van der Waals surface area contributed by atoms with Crippen LogP contribution in [-0.4, -0.2) is 48.1 Å². The van der Waals surface area contributed by atoms with Crippen molar-refractivity contribution < 1.29 is 0 Å². The normalized spacial score (nSPS) is 28.3. The maximum absolute atomic E-state index is 3.90. The average molecular weight is 270 g/mol. The average Bonchev–Trinajstić information content (AvgIpc) is 2.77. The predicted molar refractivity (Wildman–Crippen MR) is 82.4 cm³/mol. The van der Waals surface area contributed by atoms with Gasteiger partial charge < -0.3 is 5.32 Å². The molecule has 1 heterocycles. The zero-order chi connectivity index (χ0) is 13.0. The molecule has 1 saturated heterocycles. The largest absolute Gasteiger partial charge is 0.308 e. The van der Waals surface area contributed by atoms with Crippen LogP contribution in [0.5, 0.6) is 0 Å². The van der Waals surface area contributed by atoms with E-state index >= 15 is 0 Å². The van der Waals surface area contributed by atoms with Crippen molar-refractivity contribution in [2.45, 2.75) is 57.5 Å². The topological polar surface area (TPSA) is 15.3 Å². The number of thioether (sulfide) groups is 1. The zero-order valence-corrected chi connectivity index (χ0v) is 13.2. The molecule has 0 aromatic heterocycles. The molecule has 2 fully saturated rings. The third-order valence-electron chi connectivity index (χ3n) is 4.78. The van der Waals surface area contributed by atoms with Gasteiger partial charge in [-0.15, -0.1) is 0 Å². The van der Waals surface area contributed by atoms with Gasteiger partial charge in [-0.25, -0.2) is 0 Å². The molecule has 1 atom stereocenters. The first kappa shape index (κ1) is 14.7. The Kier molecular flexibility index (Phi) is 5.40. The van der Waals surface area contributed by atoms with E-state index in [2.05, 4.69) is 30.3 Å². The number of nitrogens with one attached hydrogen (secondary N) is 1. The SMILES string of the molecule is CSCCCN1CC2(CCCC2)NCC1C(C)C. The number of piperazine rings is 1. The monoisotopic (exact) mass is 270 g/mol. The van der Waals surface area contributed by atoms with Crippen LogP contribution in [0.3, 0.4) is 0 Å². The van der Waals surface area contributed by atoms with Gasteiger partial charge in [0.05, 0.1) is 0 Å². The number of hydrogen-bond donors (Lipinski definition) is 1. The molecule has 2 nitrogen and oxygen atoms in total. The summed E-state index contributed by atoms with van der Waals surface area (Å²) in [4.78, 5) is 2.79. The number of nitrogens with zero attached hydrogens (tertiary/aromatic N) is 1. The smallest absolute Gasteiger partial charge is 0.0309 e. The first-order chi connectivity index (χ1) is 8.67. The number of rotatable bonds is 5. The standard InChI is InChI=1S/C15H30N2S/c1-13(2)14-11-16-15(7-4-5-8-15)12-17(14)9-6-10-18-3/h13-14,16H,4-12H2,1-3H3. The van der Waals surface area contributed by atoms with Crippen LogP contribution in [0.15, 0.2) is 0 Å². The van der Waals surface area contributed by atoms with Crippen molar-refractivity contribution in [3.05, 3.63) is 0 Å². The molecule has 1 saturated carbocycles. The van der Waals surface area contributed by atoms with E-state index < -0.39 is 0 Å². The Labute approximate surface area is 117 Å². The van der Waals surface area contributed by atoms with E-state index in [1.54, 1.807) is 0 Å². The molecule has 106 valence electrons. The van der Waals surface area contributed by atoms with Crippen LogP contribution in [-0.2, 0) is 0 Å². The molecule has 0 bridgehead atoms. The first-order valence-corrected chi connectivity index (χ1v) is 9.04. The van der Waals surface area contributed by atoms with Gasteiger partial charge in [0.2, 0.25) is 0 Å². The molecule has 18 heavy (non-hydrogen) atoms. The summed E-state index contributed by atoms with van der Waals surface area (Å²) in [6, 6.07) is 0.748. The van der Waals surface area contributed by atoms with E-state index in [0.717, 1.165) is 12.0 Å². The Morgan fingerprint density at radius 1 is 1.33 bits per heavy atom. The van der Waals surface area contributed by atoms with E-state index in [1.165, 1.54) is 57.5 Å². The maximum atomic E-state index is 3.90. The van der Waals surface area contributed by atoms with Crippen molar-refractivity contribution >= 4 is 11.8 Å². The molecular weight excluding hydrogens is 240 g/mol. The minimum atomic E-state index is 0.477. The van der Waals surface area contributed by atoms with Crippen LogP contribution in [0.4, 0.5) is 0 Å². The second-order valence-corrected chi connectivity index (χ2v) is 7.48. The molecule has 1 aliphatic heterocycles. The fourth-order valence-electron chi connectivity index (χ4n) is 3.71. The van der Waals surface area contributed by atoms with Gasteiger partial charge in [-0.05, 0) is 43.7 Å². The fraction of sp³-hybridized carbons (Fsp3) is 1.00. The molecule has 1 N–H and O–H groups in total.